The van der Waals surface area contributed by atoms with Crippen LogP contribution in [0.2, 0.25) is 0 Å². The number of carboxylic acid groups (broad SMARTS) is 1. The summed E-state index contributed by atoms with van der Waals surface area (Å²) in [5.74, 6) is -1.20. The van der Waals surface area contributed by atoms with E-state index in [2.05, 4.69) is 0 Å². The molecule has 0 fully saturated rings. The van der Waals surface area contributed by atoms with Gasteiger partial charge < -0.3 is 5.11 Å². The van der Waals surface area contributed by atoms with Gasteiger partial charge in [0.25, 0.3) is 0 Å². The summed E-state index contributed by atoms with van der Waals surface area (Å²) in [4.78, 5) is 12.7. The van der Waals surface area contributed by atoms with E-state index in [0.29, 0.717) is 0 Å². The van der Waals surface area contributed by atoms with Gasteiger partial charge in [-0.25, -0.2) is 4.79 Å². The lowest BCUT2D eigenvalue weighted by molar-refractivity contribution is -0.150. The van der Waals surface area contributed by atoms with Gasteiger partial charge in [-0.2, -0.15) is 13.2 Å². The number of carbonyl (C=O) groups is 1. The SMILES string of the molecule is CN(C)C(C)(C(=O)O)c1cccc(C(F)(F)F)c1. The Balaban J connectivity index is 3.36. The molecule has 0 aliphatic rings. The Kier molecular flexibility index (Phi) is 3.71. The highest BCUT2D eigenvalue weighted by Gasteiger charge is 2.39. The van der Waals surface area contributed by atoms with Crippen molar-refractivity contribution in [2.24, 2.45) is 0 Å². The molecule has 1 atom stereocenters. The average Bonchev–Trinajstić information content (AvgIpc) is 2.26. The summed E-state index contributed by atoms with van der Waals surface area (Å²) in [6.07, 6.45) is -4.48. The van der Waals surface area contributed by atoms with Gasteiger partial charge in [-0.05, 0) is 38.7 Å². The van der Waals surface area contributed by atoms with Crippen LogP contribution in [0.3, 0.4) is 0 Å². The molecule has 0 heterocycles. The molecule has 3 nitrogen and oxygen atoms in total. The van der Waals surface area contributed by atoms with Gasteiger partial charge in [0.05, 0.1) is 5.56 Å². The number of nitrogens with zero attached hydrogens (tertiary/aromatic N) is 1. The van der Waals surface area contributed by atoms with Crippen LogP contribution in [0.25, 0.3) is 0 Å². The van der Waals surface area contributed by atoms with Crippen molar-refractivity contribution >= 4 is 5.97 Å². The van der Waals surface area contributed by atoms with Gasteiger partial charge in [-0.3, -0.25) is 4.90 Å². The van der Waals surface area contributed by atoms with Crippen LogP contribution in [-0.4, -0.2) is 30.1 Å². The van der Waals surface area contributed by atoms with Crippen molar-refractivity contribution in [2.45, 2.75) is 18.6 Å². The minimum Gasteiger partial charge on any atom is -0.480 e. The number of rotatable bonds is 3. The number of benzene rings is 1. The zero-order valence-electron chi connectivity index (χ0n) is 10.2. The van der Waals surface area contributed by atoms with Crippen molar-refractivity contribution in [3.63, 3.8) is 0 Å². The maximum absolute atomic E-state index is 12.6. The Morgan fingerprint density at radius 3 is 2.11 bits per heavy atom. The molecule has 1 rings (SSSR count). The number of aliphatic carboxylic acids is 1. The van der Waals surface area contributed by atoms with Crippen LogP contribution in [0.1, 0.15) is 18.1 Å². The van der Waals surface area contributed by atoms with Crippen LogP contribution in [-0.2, 0) is 16.5 Å². The number of alkyl halides is 3. The summed E-state index contributed by atoms with van der Waals surface area (Å²) in [6, 6.07) is 4.38. The summed E-state index contributed by atoms with van der Waals surface area (Å²) in [6.45, 7) is 1.37. The van der Waals surface area contributed by atoms with Gasteiger partial charge in [-0.15, -0.1) is 0 Å². The van der Waals surface area contributed by atoms with Gasteiger partial charge in [0.15, 0.2) is 0 Å². The van der Waals surface area contributed by atoms with Crippen molar-refractivity contribution in [1.82, 2.24) is 4.90 Å². The highest BCUT2D eigenvalue weighted by Crippen LogP contribution is 2.33. The number of halogens is 3. The summed E-state index contributed by atoms with van der Waals surface area (Å²) in [7, 11) is 3.02. The molecule has 0 saturated carbocycles. The molecule has 1 unspecified atom stereocenters. The van der Waals surface area contributed by atoms with E-state index in [-0.39, 0.29) is 5.56 Å². The Hall–Kier alpha value is -1.56. The third kappa shape index (κ3) is 2.48. The van der Waals surface area contributed by atoms with Gasteiger partial charge in [0, 0.05) is 0 Å². The molecular formula is C12H14F3NO2. The van der Waals surface area contributed by atoms with E-state index in [1.807, 2.05) is 0 Å². The second-order valence-electron chi connectivity index (χ2n) is 4.35. The van der Waals surface area contributed by atoms with Gasteiger partial charge >= 0.3 is 12.1 Å². The van der Waals surface area contributed by atoms with Crippen LogP contribution in [0.5, 0.6) is 0 Å². The smallest absolute Gasteiger partial charge is 0.416 e. The molecule has 1 N–H and O–H groups in total. The molecule has 0 aliphatic heterocycles. The van der Waals surface area contributed by atoms with E-state index in [1.165, 1.54) is 38.1 Å². The van der Waals surface area contributed by atoms with E-state index in [9.17, 15) is 23.1 Å². The first-order chi connectivity index (χ1) is 8.10. The third-order valence-electron chi connectivity index (χ3n) is 3.06. The molecule has 0 radical (unpaired) electrons. The summed E-state index contributed by atoms with van der Waals surface area (Å²) >= 11 is 0. The van der Waals surface area contributed by atoms with Crippen LogP contribution < -0.4 is 0 Å². The molecule has 6 heteroatoms. The van der Waals surface area contributed by atoms with Crippen LogP contribution in [0, 0.1) is 0 Å². The van der Waals surface area contributed by atoms with Crippen LogP contribution >= 0.6 is 0 Å². The first-order valence-electron chi connectivity index (χ1n) is 5.18. The monoisotopic (exact) mass is 261 g/mol. The molecule has 0 aliphatic carbocycles. The largest absolute Gasteiger partial charge is 0.480 e. The first kappa shape index (κ1) is 14.5. The van der Waals surface area contributed by atoms with Gasteiger partial charge in [0.1, 0.15) is 5.54 Å². The highest BCUT2D eigenvalue weighted by molar-refractivity contribution is 5.80. The topological polar surface area (TPSA) is 40.5 Å². The van der Waals surface area contributed by atoms with Crippen molar-refractivity contribution in [2.75, 3.05) is 14.1 Å². The normalized spacial score (nSPS) is 15.5. The molecule has 0 saturated heterocycles. The molecule has 100 valence electrons. The highest BCUT2D eigenvalue weighted by atomic mass is 19.4. The predicted octanol–water partition coefficient (Wildman–Crippen LogP) is 2.57. The van der Waals surface area contributed by atoms with E-state index >= 15 is 0 Å². The number of hydrogen-bond donors (Lipinski definition) is 1. The lowest BCUT2D eigenvalue weighted by atomic mass is 9.89. The van der Waals surface area contributed by atoms with Crippen LogP contribution in [0.15, 0.2) is 24.3 Å². The fourth-order valence-corrected chi connectivity index (χ4v) is 1.57. The zero-order chi connectivity index (χ0) is 14.1. The predicted molar refractivity (Wildman–Crippen MR) is 60.1 cm³/mol. The Bertz CT molecular complexity index is 457. The van der Waals surface area contributed by atoms with E-state index in [1.54, 1.807) is 0 Å². The van der Waals surface area contributed by atoms with E-state index in [0.717, 1.165) is 12.1 Å². The Morgan fingerprint density at radius 2 is 1.72 bits per heavy atom. The maximum atomic E-state index is 12.6. The van der Waals surface area contributed by atoms with Crippen molar-refractivity contribution in [3.8, 4) is 0 Å². The fourth-order valence-electron chi connectivity index (χ4n) is 1.57. The van der Waals surface area contributed by atoms with E-state index < -0.39 is 23.2 Å². The number of likely N-dealkylation sites (N-methyl/N-ethyl adjacent to an activating group) is 1. The quantitative estimate of drug-likeness (QED) is 0.909. The number of carboxylic acids is 1. The van der Waals surface area contributed by atoms with Crippen molar-refractivity contribution in [3.05, 3.63) is 35.4 Å². The second-order valence-corrected chi connectivity index (χ2v) is 4.35. The zero-order valence-corrected chi connectivity index (χ0v) is 10.2. The standard InChI is InChI=1S/C12H14F3NO2/c1-11(10(17)18,16(2)3)8-5-4-6-9(7-8)12(13,14)15/h4-7H,1-3H3,(H,17,18). The molecule has 0 bridgehead atoms. The average molecular weight is 261 g/mol. The Morgan fingerprint density at radius 1 is 1.22 bits per heavy atom. The second kappa shape index (κ2) is 4.61. The summed E-state index contributed by atoms with van der Waals surface area (Å²) in [5, 5.41) is 9.23. The molecule has 1 aromatic rings. The van der Waals surface area contributed by atoms with Gasteiger partial charge in [0.2, 0.25) is 0 Å². The molecule has 0 spiro atoms. The van der Waals surface area contributed by atoms with Crippen molar-refractivity contribution in [1.29, 1.82) is 0 Å². The molecule has 0 aromatic heterocycles. The summed E-state index contributed by atoms with van der Waals surface area (Å²) < 4.78 is 37.8. The van der Waals surface area contributed by atoms with Crippen LogP contribution in [0.4, 0.5) is 13.2 Å². The minimum atomic E-state index is -4.48. The molecule has 0 amide bonds. The summed E-state index contributed by atoms with van der Waals surface area (Å²) in [5.41, 5.74) is -2.26. The lowest BCUT2D eigenvalue weighted by Crippen LogP contribution is -2.45. The molecular weight excluding hydrogens is 247 g/mol. The van der Waals surface area contributed by atoms with Gasteiger partial charge in [-0.1, -0.05) is 12.1 Å². The third-order valence-corrected chi connectivity index (χ3v) is 3.06. The molecule has 18 heavy (non-hydrogen) atoms. The first-order valence-corrected chi connectivity index (χ1v) is 5.18. The fraction of sp³-hybridized carbons (Fsp3) is 0.417. The van der Waals surface area contributed by atoms with E-state index in [4.69, 9.17) is 0 Å². The Labute approximate surface area is 103 Å². The maximum Gasteiger partial charge on any atom is 0.416 e. The number of hydrogen-bond acceptors (Lipinski definition) is 2. The lowest BCUT2D eigenvalue weighted by Gasteiger charge is -2.32. The minimum absolute atomic E-state index is 0.0924. The molecule has 1 aromatic carbocycles. The van der Waals surface area contributed by atoms with Crippen molar-refractivity contribution < 1.29 is 23.1 Å².